The third-order valence-corrected chi connectivity index (χ3v) is 3.23. The molecule has 0 aromatic heterocycles. The zero-order chi connectivity index (χ0) is 13.2. The SMILES string of the molecule is FC(F)(F)c1ccc(Br)cc1NCCNC1CC1. The van der Waals surface area contributed by atoms with Crippen LogP contribution in [0, 0.1) is 0 Å². The number of nitrogens with one attached hydrogen (secondary N) is 2. The van der Waals surface area contributed by atoms with Gasteiger partial charge in [-0.25, -0.2) is 0 Å². The van der Waals surface area contributed by atoms with Gasteiger partial charge in [0, 0.05) is 29.3 Å². The molecule has 6 heteroatoms. The highest BCUT2D eigenvalue weighted by Crippen LogP contribution is 2.36. The van der Waals surface area contributed by atoms with Gasteiger partial charge >= 0.3 is 6.18 Å². The van der Waals surface area contributed by atoms with Crippen molar-refractivity contribution >= 4 is 21.6 Å². The first-order chi connectivity index (χ1) is 8.47. The Balaban J connectivity index is 1.97. The molecular weight excluding hydrogens is 309 g/mol. The molecule has 0 bridgehead atoms. The summed E-state index contributed by atoms with van der Waals surface area (Å²) in [6.07, 6.45) is -1.98. The van der Waals surface area contributed by atoms with Crippen LogP contribution in [0.1, 0.15) is 18.4 Å². The number of alkyl halides is 3. The summed E-state index contributed by atoms with van der Waals surface area (Å²) in [5.74, 6) is 0. The molecule has 0 heterocycles. The van der Waals surface area contributed by atoms with Gasteiger partial charge in [0.2, 0.25) is 0 Å². The fraction of sp³-hybridized carbons (Fsp3) is 0.500. The molecule has 0 radical (unpaired) electrons. The van der Waals surface area contributed by atoms with E-state index in [0.717, 1.165) is 6.07 Å². The molecular formula is C12H14BrF3N2. The molecule has 1 fully saturated rings. The third-order valence-electron chi connectivity index (χ3n) is 2.74. The highest BCUT2D eigenvalue weighted by molar-refractivity contribution is 9.10. The van der Waals surface area contributed by atoms with Crippen molar-refractivity contribution in [2.45, 2.75) is 25.1 Å². The van der Waals surface area contributed by atoms with Crippen LogP contribution in [-0.4, -0.2) is 19.1 Å². The molecule has 1 aromatic rings. The van der Waals surface area contributed by atoms with Gasteiger partial charge in [0.25, 0.3) is 0 Å². The number of rotatable bonds is 5. The molecule has 2 nitrogen and oxygen atoms in total. The zero-order valence-electron chi connectivity index (χ0n) is 9.65. The Morgan fingerprint density at radius 1 is 1.22 bits per heavy atom. The summed E-state index contributed by atoms with van der Waals surface area (Å²) in [6.45, 7) is 1.16. The van der Waals surface area contributed by atoms with Crippen LogP contribution in [-0.2, 0) is 6.18 Å². The predicted molar refractivity (Wildman–Crippen MR) is 68.7 cm³/mol. The molecule has 0 unspecified atom stereocenters. The summed E-state index contributed by atoms with van der Waals surface area (Å²) in [5, 5.41) is 6.08. The second-order valence-electron chi connectivity index (χ2n) is 4.34. The molecule has 1 aromatic carbocycles. The lowest BCUT2D eigenvalue weighted by molar-refractivity contribution is -0.136. The number of halogens is 4. The van der Waals surface area contributed by atoms with Gasteiger partial charge in [-0.2, -0.15) is 13.2 Å². The van der Waals surface area contributed by atoms with Gasteiger partial charge in [0.15, 0.2) is 0 Å². The van der Waals surface area contributed by atoms with E-state index in [9.17, 15) is 13.2 Å². The van der Waals surface area contributed by atoms with Crippen molar-refractivity contribution in [1.82, 2.24) is 5.32 Å². The molecule has 18 heavy (non-hydrogen) atoms. The number of anilines is 1. The molecule has 1 aliphatic carbocycles. The fourth-order valence-electron chi connectivity index (χ4n) is 1.67. The second kappa shape index (κ2) is 5.48. The number of hydrogen-bond acceptors (Lipinski definition) is 2. The van der Waals surface area contributed by atoms with E-state index in [4.69, 9.17) is 0 Å². The lowest BCUT2D eigenvalue weighted by atomic mass is 10.1. The van der Waals surface area contributed by atoms with Crippen LogP contribution < -0.4 is 10.6 Å². The van der Waals surface area contributed by atoms with Crippen LogP contribution in [0.4, 0.5) is 18.9 Å². The standard InChI is InChI=1S/C12H14BrF3N2/c13-8-1-4-10(12(14,15)16)11(7-8)18-6-5-17-9-2-3-9/h1,4,7,9,17-18H,2-3,5-6H2. The topological polar surface area (TPSA) is 24.1 Å². The summed E-state index contributed by atoms with van der Waals surface area (Å²) < 4.78 is 38.9. The largest absolute Gasteiger partial charge is 0.418 e. The zero-order valence-corrected chi connectivity index (χ0v) is 11.2. The van der Waals surface area contributed by atoms with Crippen molar-refractivity contribution in [2.75, 3.05) is 18.4 Å². The minimum absolute atomic E-state index is 0.120. The Morgan fingerprint density at radius 2 is 1.94 bits per heavy atom. The lowest BCUT2D eigenvalue weighted by Crippen LogP contribution is -2.24. The average molecular weight is 323 g/mol. The van der Waals surface area contributed by atoms with Gasteiger partial charge in [-0.3, -0.25) is 0 Å². The van der Waals surface area contributed by atoms with Crippen molar-refractivity contribution in [3.05, 3.63) is 28.2 Å². The summed E-state index contributed by atoms with van der Waals surface area (Å²) >= 11 is 3.18. The first kappa shape index (κ1) is 13.7. The molecule has 0 saturated heterocycles. The summed E-state index contributed by atoms with van der Waals surface area (Å²) in [7, 11) is 0. The fourth-order valence-corrected chi connectivity index (χ4v) is 2.03. The van der Waals surface area contributed by atoms with Crippen molar-refractivity contribution in [3.63, 3.8) is 0 Å². The van der Waals surface area contributed by atoms with E-state index in [-0.39, 0.29) is 5.69 Å². The van der Waals surface area contributed by atoms with E-state index in [0.29, 0.717) is 23.6 Å². The van der Waals surface area contributed by atoms with Crippen molar-refractivity contribution < 1.29 is 13.2 Å². The minimum Gasteiger partial charge on any atom is -0.383 e. The number of benzene rings is 1. The van der Waals surface area contributed by atoms with Gasteiger partial charge in [0.1, 0.15) is 0 Å². The molecule has 2 rings (SSSR count). The molecule has 0 spiro atoms. The predicted octanol–water partition coefficient (Wildman–Crippen LogP) is 3.63. The molecule has 100 valence electrons. The molecule has 1 aliphatic rings. The Morgan fingerprint density at radius 3 is 2.56 bits per heavy atom. The van der Waals surface area contributed by atoms with E-state index < -0.39 is 11.7 Å². The van der Waals surface area contributed by atoms with E-state index in [1.165, 1.54) is 25.0 Å². The highest BCUT2D eigenvalue weighted by atomic mass is 79.9. The summed E-state index contributed by atoms with van der Waals surface area (Å²) in [6, 6.07) is 4.51. The Kier molecular flexibility index (Phi) is 4.17. The van der Waals surface area contributed by atoms with Crippen LogP contribution in [0.5, 0.6) is 0 Å². The minimum atomic E-state index is -4.33. The molecule has 0 amide bonds. The van der Waals surface area contributed by atoms with Crippen LogP contribution in [0.15, 0.2) is 22.7 Å². The average Bonchev–Trinajstić information content (AvgIpc) is 3.06. The maximum absolute atomic E-state index is 12.8. The smallest absolute Gasteiger partial charge is 0.383 e. The Hall–Kier alpha value is -0.750. The Bertz CT molecular complexity index is 416. The second-order valence-corrected chi connectivity index (χ2v) is 5.26. The van der Waals surface area contributed by atoms with E-state index >= 15 is 0 Å². The monoisotopic (exact) mass is 322 g/mol. The first-order valence-corrected chi connectivity index (χ1v) is 6.60. The summed E-state index contributed by atoms with van der Waals surface area (Å²) in [5.41, 5.74) is -0.508. The maximum Gasteiger partial charge on any atom is 0.418 e. The van der Waals surface area contributed by atoms with Gasteiger partial charge in [0.05, 0.1) is 5.56 Å². The van der Waals surface area contributed by atoms with E-state index in [1.54, 1.807) is 0 Å². The highest BCUT2D eigenvalue weighted by Gasteiger charge is 2.33. The van der Waals surface area contributed by atoms with Gasteiger partial charge in [-0.1, -0.05) is 15.9 Å². The van der Waals surface area contributed by atoms with Gasteiger partial charge in [-0.05, 0) is 31.0 Å². The van der Waals surface area contributed by atoms with E-state index in [2.05, 4.69) is 26.6 Å². The number of hydrogen-bond donors (Lipinski definition) is 2. The summed E-state index contributed by atoms with van der Waals surface area (Å²) in [4.78, 5) is 0. The van der Waals surface area contributed by atoms with Crippen molar-refractivity contribution in [2.24, 2.45) is 0 Å². The quantitative estimate of drug-likeness (QED) is 0.809. The van der Waals surface area contributed by atoms with Crippen LogP contribution in [0.3, 0.4) is 0 Å². The van der Waals surface area contributed by atoms with Gasteiger partial charge < -0.3 is 10.6 Å². The van der Waals surface area contributed by atoms with E-state index in [1.807, 2.05) is 0 Å². The van der Waals surface area contributed by atoms with Crippen LogP contribution >= 0.6 is 15.9 Å². The first-order valence-electron chi connectivity index (χ1n) is 5.81. The Labute approximate surface area is 112 Å². The normalized spacial score (nSPS) is 15.8. The van der Waals surface area contributed by atoms with Crippen LogP contribution in [0.2, 0.25) is 0 Å². The van der Waals surface area contributed by atoms with Gasteiger partial charge in [-0.15, -0.1) is 0 Å². The van der Waals surface area contributed by atoms with Crippen LogP contribution in [0.25, 0.3) is 0 Å². The molecule has 0 atom stereocenters. The molecule has 2 N–H and O–H groups in total. The lowest BCUT2D eigenvalue weighted by Gasteiger charge is -2.15. The maximum atomic E-state index is 12.8. The van der Waals surface area contributed by atoms with Crippen molar-refractivity contribution in [1.29, 1.82) is 0 Å². The van der Waals surface area contributed by atoms with Crippen molar-refractivity contribution in [3.8, 4) is 0 Å². The third kappa shape index (κ3) is 3.88. The molecule has 0 aliphatic heterocycles. The molecule has 1 saturated carbocycles.